The minimum absolute atomic E-state index is 0.0710. The van der Waals surface area contributed by atoms with Gasteiger partial charge >= 0.3 is 0 Å². The van der Waals surface area contributed by atoms with E-state index in [-0.39, 0.29) is 11.5 Å². The Bertz CT molecular complexity index is 818. The molecular weight excluding hydrogens is 346 g/mol. The molecule has 3 aromatic rings. The van der Waals surface area contributed by atoms with Gasteiger partial charge in [0.2, 0.25) is 0 Å². The van der Waals surface area contributed by atoms with Crippen LogP contribution in [0, 0.1) is 0 Å². The summed E-state index contributed by atoms with van der Waals surface area (Å²) in [6, 6.07) is 0.0917. The van der Waals surface area contributed by atoms with Gasteiger partial charge in [-0.3, -0.25) is 0 Å². The van der Waals surface area contributed by atoms with E-state index < -0.39 is 0 Å². The van der Waals surface area contributed by atoms with Crippen LogP contribution in [-0.2, 0) is 5.41 Å². The van der Waals surface area contributed by atoms with Gasteiger partial charge in [-0.1, -0.05) is 32.5 Å². The summed E-state index contributed by atoms with van der Waals surface area (Å²) in [7, 11) is 0. The van der Waals surface area contributed by atoms with Crippen LogP contribution in [0.25, 0.3) is 10.3 Å². The third-order valence-electron chi connectivity index (χ3n) is 3.36. The van der Waals surface area contributed by atoms with E-state index in [1.165, 1.54) is 0 Å². The fraction of sp³-hybridized carbons (Fsp3) is 0.467. The number of hydrogen-bond donors (Lipinski definition) is 1. The van der Waals surface area contributed by atoms with Gasteiger partial charge in [-0.05, 0) is 13.2 Å². The lowest BCUT2D eigenvalue weighted by molar-refractivity contribution is 0.569. The van der Waals surface area contributed by atoms with Crippen molar-refractivity contribution in [1.29, 1.82) is 0 Å². The van der Waals surface area contributed by atoms with Crippen molar-refractivity contribution in [2.24, 2.45) is 0 Å². The van der Waals surface area contributed by atoms with E-state index in [0.29, 0.717) is 0 Å². The molecule has 1 atom stereocenters. The lowest BCUT2D eigenvalue weighted by atomic mass is 9.93. The Hall–Kier alpha value is -1.25. The zero-order chi connectivity index (χ0) is 16.6. The monoisotopic (exact) mass is 365 g/mol. The van der Waals surface area contributed by atoms with E-state index in [1.54, 1.807) is 40.8 Å². The average Bonchev–Trinajstić information content (AvgIpc) is 3.13. The fourth-order valence-corrected chi connectivity index (χ4v) is 4.54. The molecule has 5 nitrogen and oxygen atoms in total. The summed E-state index contributed by atoms with van der Waals surface area (Å²) in [5.41, 5.74) is 1.95. The van der Waals surface area contributed by atoms with Gasteiger partial charge in [0.25, 0.3) is 0 Å². The fourth-order valence-electron chi connectivity index (χ4n) is 2.02. The molecule has 122 valence electrons. The van der Waals surface area contributed by atoms with Gasteiger partial charge < -0.3 is 5.32 Å². The van der Waals surface area contributed by atoms with Crippen LogP contribution in [0.3, 0.4) is 0 Å². The maximum atomic E-state index is 4.78. The van der Waals surface area contributed by atoms with Crippen molar-refractivity contribution >= 4 is 50.6 Å². The van der Waals surface area contributed by atoms with Gasteiger partial charge in [-0.15, -0.1) is 22.7 Å². The molecule has 0 saturated heterocycles. The second-order valence-electron chi connectivity index (χ2n) is 6.25. The highest BCUT2D eigenvalue weighted by Crippen LogP contribution is 2.33. The number of thioether (sulfide) groups is 1. The molecule has 0 fully saturated rings. The lowest BCUT2D eigenvalue weighted by Gasteiger charge is -2.15. The molecule has 3 heterocycles. The van der Waals surface area contributed by atoms with Gasteiger partial charge in [0.05, 0.1) is 11.7 Å². The molecular formula is C15H19N5S3. The van der Waals surface area contributed by atoms with Crippen molar-refractivity contribution in [3.63, 3.8) is 0 Å². The number of rotatable bonds is 4. The minimum atomic E-state index is 0.0710. The zero-order valence-electron chi connectivity index (χ0n) is 13.7. The topological polar surface area (TPSA) is 63.6 Å². The Morgan fingerprint density at radius 1 is 1.22 bits per heavy atom. The van der Waals surface area contributed by atoms with E-state index in [4.69, 9.17) is 4.98 Å². The highest BCUT2D eigenvalue weighted by atomic mass is 32.2. The van der Waals surface area contributed by atoms with Crippen LogP contribution in [-0.4, -0.2) is 26.2 Å². The van der Waals surface area contributed by atoms with E-state index in [2.05, 4.69) is 53.3 Å². The molecule has 1 unspecified atom stereocenters. The van der Waals surface area contributed by atoms with Gasteiger partial charge in [-0.2, -0.15) is 0 Å². The summed E-state index contributed by atoms with van der Waals surface area (Å²) in [5.74, 6) is 0.827. The summed E-state index contributed by atoms with van der Waals surface area (Å²) in [6.07, 6.45) is 3.58. The molecule has 0 spiro atoms. The van der Waals surface area contributed by atoms with E-state index in [9.17, 15) is 0 Å². The van der Waals surface area contributed by atoms with E-state index >= 15 is 0 Å². The molecule has 8 heteroatoms. The Morgan fingerprint density at radius 2 is 2.00 bits per heavy atom. The highest BCUT2D eigenvalue weighted by molar-refractivity contribution is 8.00. The summed E-state index contributed by atoms with van der Waals surface area (Å²) < 4.78 is 2.00. The third-order valence-corrected chi connectivity index (χ3v) is 6.42. The Labute approximate surface area is 148 Å². The van der Waals surface area contributed by atoms with Crippen LogP contribution in [0.2, 0.25) is 0 Å². The summed E-state index contributed by atoms with van der Waals surface area (Å²) in [4.78, 5) is 17.9. The first-order valence-corrected chi connectivity index (χ1v) is 10.2. The van der Waals surface area contributed by atoms with Gasteiger partial charge in [0.15, 0.2) is 9.99 Å². The van der Waals surface area contributed by atoms with Crippen molar-refractivity contribution in [3.05, 3.63) is 22.4 Å². The van der Waals surface area contributed by atoms with Crippen molar-refractivity contribution in [1.82, 2.24) is 19.9 Å². The van der Waals surface area contributed by atoms with Gasteiger partial charge in [-0.25, -0.2) is 19.9 Å². The number of anilines is 1. The molecule has 0 radical (unpaired) electrons. The Balaban J connectivity index is 1.86. The minimum Gasteiger partial charge on any atom is -0.360 e. The summed E-state index contributed by atoms with van der Waals surface area (Å²) in [6.45, 7) is 8.65. The smallest absolute Gasteiger partial charge is 0.176 e. The number of nitrogens with one attached hydrogen (secondary N) is 1. The normalized spacial score (nSPS) is 13.4. The number of aromatic nitrogens is 4. The van der Waals surface area contributed by atoms with Crippen LogP contribution in [0.15, 0.2) is 16.0 Å². The predicted molar refractivity (Wildman–Crippen MR) is 99.8 cm³/mol. The lowest BCUT2D eigenvalue weighted by Crippen LogP contribution is -2.13. The molecule has 0 aliphatic carbocycles. The molecule has 23 heavy (non-hydrogen) atoms. The highest BCUT2D eigenvalue weighted by Gasteiger charge is 2.20. The molecule has 0 aromatic carbocycles. The second-order valence-corrected chi connectivity index (χ2v) is 9.19. The summed E-state index contributed by atoms with van der Waals surface area (Å²) in [5, 5.41) is 6.67. The van der Waals surface area contributed by atoms with Crippen LogP contribution in [0.5, 0.6) is 0 Å². The average molecular weight is 366 g/mol. The second kappa shape index (κ2) is 6.33. The third kappa shape index (κ3) is 3.49. The zero-order valence-corrected chi connectivity index (χ0v) is 16.2. The molecule has 0 amide bonds. The van der Waals surface area contributed by atoms with E-state index in [1.807, 2.05) is 6.26 Å². The first kappa shape index (κ1) is 16.6. The predicted octanol–water partition coefficient (Wildman–Crippen LogP) is 4.74. The number of fused-ring (bicyclic) bond motifs is 1. The molecule has 0 bridgehead atoms. The molecule has 0 saturated carbocycles. The SMILES string of the molecule is CSc1nc2ncnc(NC(C)c3nc(C(C)(C)C)cs3)c2s1. The largest absolute Gasteiger partial charge is 0.360 e. The first-order chi connectivity index (χ1) is 10.9. The molecule has 3 aromatic heterocycles. The van der Waals surface area contributed by atoms with Crippen molar-refractivity contribution in [2.45, 2.75) is 43.5 Å². The van der Waals surface area contributed by atoms with Gasteiger partial charge in [0, 0.05) is 10.8 Å². The summed E-state index contributed by atoms with van der Waals surface area (Å²) >= 11 is 4.93. The number of hydrogen-bond acceptors (Lipinski definition) is 8. The maximum absolute atomic E-state index is 4.78. The van der Waals surface area contributed by atoms with Crippen LogP contribution in [0.1, 0.15) is 44.4 Å². The first-order valence-electron chi connectivity index (χ1n) is 7.26. The standard InChI is InChI=1S/C15H19N5S3/c1-8(13-19-9(6-22-13)15(2,3)4)18-11-10-12(17-7-16-11)20-14(21-5)23-10/h6-8H,1-5H3,(H,16,17,18). The molecule has 0 aliphatic rings. The van der Waals surface area contributed by atoms with Crippen molar-refractivity contribution in [3.8, 4) is 0 Å². The maximum Gasteiger partial charge on any atom is 0.176 e. The van der Waals surface area contributed by atoms with E-state index in [0.717, 1.165) is 31.2 Å². The number of nitrogens with zero attached hydrogens (tertiary/aromatic N) is 4. The van der Waals surface area contributed by atoms with Gasteiger partial charge in [0.1, 0.15) is 21.9 Å². The Kier molecular flexibility index (Phi) is 4.57. The van der Waals surface area contributed by atoms with Crippen LogP contribution in [0.4, 0.5) is 5.82 Å². The van der Waals surface area contributed by atoms with Crippen molar-refractivity contribution < 1.29 is 0 Å². The number of thiazole rings is 2. The van der Waals surface area contributed by atoms with Crippen LogP contribution < -0.4 is 5.32 Å². The Morgan fingerprint density at radius 3 is 2.65 bits per heavy atom. The molecule has 3 rings (SSSR count). The molecule has 0 aliphatic heterocycles. The quantitative estimate of drug-likeness (QED) is 0.674. The van der Waals surface area contributed by atoms with Crippen molar-refractivity contribution in [2.75, 3.05) is 11.6 Å². The molecule has 1 N–H and O–H groups in total. The van der Waals surface area contributed by atoms with Crippen LogP contribution >= 0.6 is 34.4 Å².